The molecule has 2 heterocycles. The summed E-state index contributed by atoms with van der Waals surface area (Å²) in [6, 6.07) is 203. The van der Waals surface area contributed by atoms with Crippen molar-refractivity contribution in [2.75, 3.05) is 9.80 Å². The fourth-order valence-electron chi connectivity index (χ4n) is 23.2. The topological polar surface area (TPSA) is 32.8 Å². The average molecular weight is 1810 g/mol. The van der Waals surface area contributed by atoms with Crippen LogP contribution in [-0.2, 0) is 10.8 Å². The van der Waals surface area contributed by atoms with Crippen molar-refractivity contribution in [1.29, 1.82) is 0 Å². The highest BCUT2D eigenvalue weighted by molar-refractivity contribution is 6.15. The van der Waals surface area contributed by atoms with Gasteiger partial charge in [-0.2, -0.15) is 0 Å². The van der Waals surface area contributed by atoms with Crippen molar-refractivity contribution in [3.63, 3.8) is 0 Å². The van der Waals surface area contributed by atoms with Crippen LogP contribution >= 0.6 is 0 Å². The quantitative estimate of drug-likeness (QED) is 0.0857. The van der Waals surface area contributed by atoms with Gasteiger partial charge in [-0.15, -0.1) is 0 Å². The summed E-state index contributed by atoms with van der Waals surface area (Å²) in [6.07, 6.45) is 0. The monoisotopic (exact) mass is 1810 g/mol. The normalized spacial score (nSPS) is 12.5. The molecule has 0 N–H and O–H groups in total. The maximum Gasteiger partial charge on any atom is 0.136 e. The first-order valence-electron chi connectivity index (χ1n) is 48.9. The number of hydrogen-bond donors (Lipinski definition) is 0. The maximum atomic E-state index is 6.42. The van der Waals surface area contributed by atoms with E-state index < -0.39 is 10.8 Å². The summed E-state index contributed by atoms with van der Waals surface area (Å²) in [7, 11) is 0. The summed E-state index contributed by atoms with van der Waals surface area (Å²) >= 11 is 0. The van der Waals surface area contributed by atoms with E-state index in [0.29, 0.717) is 0 Å². The van der Waals surface area contributed by atoms with Crippen molar-refractivity contribution >= 4 is 88.8 Å². The Labute approximate surface area is 826 Å². The molecule has 666 valence electrons. The Kier molecular flexibility index (Phi) is 21.1. The largest absolute Gasteiger partial charge is 0.456 e. The van der Waals surface area contributed by atoms with E-state index in [9.17, 15) is 0 Å². The Morgan fingerprint density at radius 2 is 0.444 bits per heavy atom. The lowest BCUT2D eigenvalue weighted by atomic mass is 9.67. The second-order valence-electron chi connectivity index (χ2n) is 37.0. The van der Waals surface area contributed by atoms with E-state index in [2.05, 4.69) is 556 Å². The highest BCUT2D eigenvalue weighted by Gasteiger charge is 2.49. The fraction of sp³-hybridized carbons (Fsp3) is 0.0145. The van der Waals surface area contributed by atoms with Crippen LogP contribution in [0.15, 0.2) is 567 Å². The van der Waals surface area contributed by atoms with Gasteiger partial charge in [0.15, 0.2) is 0 Å². The van der Waals surface area contributed by atoms with Crippen molar-refractivity contribution in [3.8, 4) is 111 Å². The van der Waals surface area contributed by atoms with Gasteiger partial charge in [-0.25, -0.2) is 0 Å². The summed E-state index contributed by atoms with van der Waals surface area (Å²) < 4.78 is 12.8. The number of anilines is 6. The molecule has 27 rings (SSSR count). The lowest BCUT2D eigenvalue weighted by Gasteiger charge is -2.34. The molecule has 2 aliphatic carbocycles. The lowest BCUT2D eigenvalue weighted by molar-refractivity contribution is 0.668. The molecule has 2 aliphatic rings. The van der Waals surface area contributed by atoms with Gasteiger partial charge in [0, 0.05) is 55.3 Å². The Balaban J connectivity index is 0.000000146. The van der Waals surface area contributed by atoms with Gasteiger partial charge >= 0.3 is 0 Å². The predicted octanol–water partition coefficient (Wildman–Crippen LogP) is 37.3. The van der Waals surface area contributed by atoms with Gasteiger partial charge in [-0.05, 0) is 229 Å². The molecule has 23 aromatic carbocycles. The number of benzene rings is 23. The highest BCUT2D eigenvalue weighted by atomic mass is 16.3. The van der Waals surface area contributed by atoms with Gasteiger partial charge in [0.2, 0.25) is 0 Å². The van der Waals surface area contributed by atoms with E-state index in [-0.39, 0.29) is 0 Å². The summed E-state index contributed by atoms with van der Waals surface area (Å²) in [5.74, 6) is 0. The van der Waals surface area contributed by atoms with Gasteiger partial charge in [0.25, 0.3) is 0 Å². The molecule has 142 heavy (non-hydrogen) atoms. The number of hydrogen-bond acceptors (Lipinski definition) is 4. The van der Waals surface area contributed by atoms with Crippen molar-refractivity contribution in [2.24, 2.45) is 0 Å². The molecule has 0 fully saturated rings. The Hall–Kier alpha value is -18.5. The van der Waals surface area contributed by atoms with Crippen molar-refractivity contribution in [2.45, 2.75) is 10.8 Å². The highest BCUT2D eigenvalue weighted by Crippen LogP contribution is 2.62. The van der Waals surface area contributed by atoms with E-state index in [1.165, 1.54) is 116 Å². The fourth-order valence-corrected chi connectivity index (χ4v) is 23.2. The van der Waals surface area contributed by atoms with Gasteiger partial charge in [0.1, 0.15) is 22.3 Å². The summed E-state index contributed by atoms with van der Waals surface area (Å²) in [6.45, 7) is 0. The maximum absolute atomic E-state index is 6.42. The SMILES string of the molecule is c1ccc(-c2ccc(-c3ccccc3N(c3cccc(-c4cccc5oc6ccccc6c45)c3)c3ccccc3-c3cccc4c3-c3ccccc3C4(c3ccccc3)c3ccccc3)cc2)cc1.c1ccc(C2(c3ccccc3)c3ccccc3-c3c(-c4ccccc4N(c4ccc(-c5ccc(-c6cccc7ccccc67)cc5)cc4)c4cccc(-c5cccc6oc7ccccc7c56)c4)cccc32)cc1. The number of fused-ring (bicyclic) bond motifs is 13. The van der Waals surface area contributed by atoms with Crippen LogP contribution in [-0.4, -0.2) is 0 Å². The lowest BCUT2D eigenvalue weighted by Crippen LogP contribution is -2.28. The molecule has 4 heteroatoms. The van der Waals surface area contributed by atoms with Crippen LogP contribution in [0.1, 0.15) is 44.5 Å². The minimum absolute atomic E-state index is 0.519. The van der Waals surface area contributed by atoms with Crippen molar-refractivity contribution in [3.05, 3.63) is 603 Å². The third-order valence-electron chi connectivity index (χ3n) is 29.4. The number of nitrogens with zero attached hydrogens (tertiary/aromatic N) is 2. The first-order valence-corrected chi connectivity index (χ1v) is 48.9. The average Bonchev–Trinajstić information content (AvgIpc) is 1.53. The van der Waals surface area contributed by atoms with E-state index >= 15 is 0 Å². The number of furan rings is 2. The second kappa shape index (κ2) is 35.6. The first-order chi connectivity index (χ1) is 70.5. The first kappa shape index (κ1) is 84.1. The predicted molar refractivity (Wildman–Crippen MR) is 592 cm³/mol. The van der Waals surface area contributed by atoms with Crippen LogP contribution in [0.4, 0.5) is 34.1 Å². The molecule has 25 aromatic rings. The summed E-state index contributed by atoms with van der Waals surface area (Å²) in [4.78, 5) is 4.93. The molecule has 4 nitrogen and oxygen atoms in total. The zero-order valence-corrected chi connectivity index (χ0v) is 77.8. The molecule has 0 saturated carbocycles. The van der Waals surface area contributed by atoms with E-state index in [0.717, 1.165) is 128 Å². The standard InChI is InChI=1S/C71H47NO.C67H45NO/c1-3-22-53(23-4-1)71(54-24-5-2-6-25-54)64-34-12-9-29-62(64)69-61(33-17-35-65(69)71)60-28-10-13-36-66(60)72(56-26-15-21-52(47-56)59-32-18-38-68-70(59)63-30-11-14-37-67(63)73-68)55-45-43-49(44-46-55)48-39-41-51(42-40-48)58-31-16-20-50-19-7-8-27-57(50)58;1-4-21-46(22-5-1)47-41-43-48(44-42-47)53-29-11-15-37-61(53)68(52-28-18-23-49(45-52)54-33-20-40-64-66(54)58-32-13-17-39-63(58)69-64)62-38-16-12-30-55(62)56-34-19-36-60-65(56)57-31-10-14-35-59(57)67(60,50-24-6-2-7-25-50)51-26-8-3-9-27-51/h1-47H;1-45H. The molecule has 0 radical (unpaired) electrons. The van der Waals surface area contributed by atoms with Gasteiger partial charge < -0.3 is 18.6 Å². The van der Waals surface area contributed by atoms with E-state index in [4.69, 9.17) is 8.83 Å². The minimum atomic E-state index is -0.524. The Bertz CT molecular complexity index is 8990. The van der Waals surface area contributed by atoms with Crippen molar-refractivity contribution < 1.29 is 8.83 Å². The Morgan fingerprint density at radius 1 is 0.155 bits per heavy atom. The van der Waals surface area contributed by atoms with Crippen LogP contribution in [0.25, 0.3) is 166 Å². The molecule has 0 aliphatic heterocycles. The van der Waals surface area contributed by atoms with Crippen LogP contribution in [0.2, 0.25) is 0 Å². The van der Waals surface area contributed by atoms with Crippen LogP contribution in [0.3, 0.4) is 0 Å². The molecule has 2 aromatic heterocycles. The van der Waals surface area contributed by atoms with Crippen LogP contribution < -0.4 is 9.80 Å². The zero-order chi connectivity index (χ0) is 94.0. The molecular weight excluding hydrogens is 1720 g/mol. The Morgan fingerprint density at radius 3 is 0.923 bits per heavy atom. The van der Waals surface area contributed by atoms with Crippen LogP contribution in [0.5, 0.6) is 0 Å². The molecule has 0 atom stereocenters. The van der Waals surface area contributed by atoms with E-state index in [1.807, 2.05) is 12.1 Å². The molecule has 0 saturated heterocycles. The minimum Gasteiger partial charge on any atom is -0.456 e. The molecule has 0 bridgehead atoms. The van der Waals surface area contributed by atoms with Gasteiger partial charge in [-0.3, -0.25) is 0 Å². The third-order valence-corrected chi connectivity index (χ3v) is 29.4. The third kappa shape index (κ3) is 14.1. The number of para-hydroxylation sites is 5. The molecule has 0 amide bonds. The summed E-state index contributed by atoms with van der Waals surface area (Å²) in [5.41, 5.74) is 42.7. The molecule has 0 spiro atoms. The number of rotatable bonds is 18. The second-order valence-corrected chi connectivity index (χ2v) is 37.0. The smallest absolute Gasteiger partial charge is 0.136 e. The van der Waals surface area contributed by atoms with E-state index in [1.54, 1.807) is 0 Å². The molecular formula is C138H92N2O2. The van der Waals surface area contributed by atoms with Gasteiger partial charge in [-0.1, -0.05) is 479 Å². The summed E-state index contributed by atoms with van der Waals surface area (Å²) in [5, 5.41) is 6.98. The van der Waals surface area contributed by atoms with Crippen molar-refractivity contribution in [1.82, 2.24) is 0 Å². The molecule has 0 unspecified atom stereocenters. The van der Waals surface area contributed by atoms with Gasteiger partial charge in [0.05, 0.1) is 27.9 Å². The zero-order valence-electron chi connectivity index (χ0n) is 77.8. The van der Waals surface area contributed by atoms with Crippen LogP contribution in [0, 0.1) is 0 Å².